The van der Waals surface area contributed by atoms with Gasteiger partial charge in [0, 0.05) is 5.92 Å². The Morgan fingerprint density at radius 3 is 2.38 bits per heavy atom. The summed E-state index contributed by atoms with van der Waals surface area (Å²) in [4.78, 5) is 8.72. The Morgan fingerprint density at radius 1 is 1.14 bits per heavy atom. The fourth-order valence-corrected chi connectivity index (χ4v) is 1.80. The number of ether oxygens (including phenoxy) is 2. The predicted octanol–water partition coefficient (Wildman–Crippen LogP) is 3.08. The molecule has 0 spiro atoms. The molecule has 21 heavy (non-hydrogen) atoms. The summed E-state index contributed by atoms with van der Waals surface area (Å²) in [5.41, 5.74) is 7.73. The lowest BCUT2D eigenvalue weighted by atomic mass is 10.2. The van der Waals surface area contributed by atoms with Gasteiger partial charge < -0.3 is 15.2 Å². The van der Waals surface area contributed by atoms with Crippen LogP contribution in [-0.4, -0.2) is 17.1 Å². The second kappa shape index (κ2) is 6.43. The predicted molar refractivity (Wildman–Crippen MR) is 82.6 cm³/mol. The zero-order valence-corrected chi connectivity index (χ0v) is 12.9. The van der Waals surface area contributed by atoms with E-state index in [0.29, 0.717) is 24.1 Å². The molecule has 5 nitrogen and oxygen atoms in total. The van der Waals surface area contributed by atoms with Gasteiger partial charge in [0.25, 0.3) is 0 Å². The Labute approximate surface area is 125 Å². The third kappa shape index (κ3) is 3.62. The average molecular weight is 287 g/mol. The number of nitrogens with zero attached hydrogens (tertiary/aromatic N) is 2. The van der Waals surface area contributed by atoms with Crippen LogP contribution in [0.5, 0.6) is 11.6 Å². The third-order valence-corrected chi connectivity index (χ3v) is 3.21. The number of hydrogen-bond acceptors (Lipinski definition) is 5. The van der Waals surface area contributed by atoms with Gasteiger partial charge in [-0.1, -0.05) is 26.0 Å². The highest BCUT2D eigenvalue weighted by Crippen LogP contribution is 2.23. The lowest BCUT2D eigenvalue weighted by molar-refractivity contribution is 0.289. The highest BCUT2D eigenvalue weighted by Gasteiger charge is 2.12. The van der Waals surface area contributed by atoms with E-state index in [1.165, 1.54) is 0 Å². The summed E-state index contributed by atoms with van der Waals surface area (Å²) in [5, 5.41) is 0. The maximum Gasteiger partial charge on any atom is 0.222 e. The number of benzene rings is 1. The van der Waals surface area contributed by atoms with E-state index >= 15 is 0 Å². The van der Waals surface area contributed by atoms with Crippen LogP contribution in [0.1, 0.15) is 36.7 Å². The number of nitrogen functional groups attached to an aromatic ring is 1. The van der Waals surface area contributed by atoms with Crippen LogP contribution in [0.25, 0.3) is 0 Å². The van der Waals surface area contributed by atoms with E-state index in [2.05, 4.69) is 9.97 Å². The van der Waals surface area contributed by atoms with Gasteiger partial charge in [0.05, 0.1) is 12.7 Å². The van der Waals surface area contributed by atoms with Gasteiger partial charge >= 0.3 is 0 Å². The van der Waals surface area contributed by atoms with Gasteiger partial charge in [-0.3, -0.25) is 0 Å². The number of methoxy groups -OCH3 is 1. The number of aromatic nitrogens is 2. The normalized spacial score (nSPS) is 10.7. The standard InChI is InChI=1S/C16H21N3O2/c1-10(2)15-18-14(17)11(3)16(19-15)21-9-12-5-7-13(20-4)8-6-12/h5-8,10H,9H2,1-4H3,(H2,17,18,19). The van der Waals surface area contributed by atoms with E-state index in [4.69, 9.17) is 15.2 Å². The molecule has 0 bridgehead atoms. The molecule has 0 amide bonds. The van der Waals surface area contributed by atoms with Crippen LogP contribution < -0.4 is 15.2 Å². The monoisotopic (exact) mass is 287 g/mol. The van der Waals surface area contributed by atoms with Crippen LogP contribution in [0, 0.1) is 6.92 Å². The van der Waals surface area contributed by atoms with E-state index in [1.807, 2.05) is 45.0 Å². The lowest BCUT2D eigenvalue weighted by Gasteiger charge is -2.13. The number of rotatable bonds is 5. The molecule has 0 atom stereocenters. The fraction of sp³-hybridized carbons (Fsp3) is 0.375. The van der Waals surface area contributed by atoms with E-state index in [0.717, 1.165) is 16.9 Å². The van der Waals surface area contributed by atoms with Gasteiger partial charge in [0.15, 0.2) is 0 Å². The van der Waals surface area contributed by atoms with Crippen molar-refractivity contribution in [3.8, 4) is 11.6 Å². The first-order valence-corrected chi connectivity index (χ1v) is 6.91. The zero-order chi connectivity index (χ0) is 15.4. The van der Waals surface area contributed by atoms with Crippen LogP contribution >= 0.6 is 0 Å². The minimum atomic E-state index is 0.205. The molecule has 5 heteroatoms. The molecule has 2 aromatic rings. The van der Waals surface area contributed by atoms with Gasteiger partial charge in [0.1, 0.15) is 24.0 Å². The second-order valence-corrected chi connectivity index (χ2v) is 5.19. The van der Waals surface area contributed by atoms with Crippen LogP contribution in [-0.2, 0) is 6.61 Å². The molecule has 1 aromatic carbocycles. The summed E-state index contributed by atoms with van der Waals surface area (Å²) in [6, 6.07) is 7.73. The summed E-state index contributed by atoms with van der Waals surface area (Å²) in [5.74, 6) is 2.74. The molecule has 0 unspecified atom stereocenters. The molecule has 0 aliphatic rings. The fourth-order valence-electron chi connectivity index (χ4n) is 1.80. The summed E-state index contributed by atoms with van der Waals surface area (Å²) in [6.07, 6.45) is 0. The van der Waals surface area contributed by atoms with Crippen LogP contribution in [0.4, 0.5) is 5.82 Å². The number of anilines is 1. The highest BCUT2D eigenvalue weighted by atomic mass is 16.5. The average Bonchev–Trinajstić information content (AvgIpc) is 2.49. The van der Waals surface area contributed by atoms with E-state index in [-0.39, 0.29) is 5.92 Å². The van der Waals surface area contributed by atoms with Crippen molar-refractivity contribution in [2.24, 2.45) is 0 Å². The smallest absolute Gasteiger partial charge is 0.222 e. The van der Waals surface area contributed by atoms with Crippen molar-refractivity contribution in [1.29, 1.82) is 0 Å². The maximum atomic E-state index is 5.92. The van der Waals surface area contributed by atoms with Gasteiger partial charge in [-0.25, -0.2) is 4.98 Å². The third-order valence-electron chi connectivity index (χ3n) is 3.21. The van der Waals surface area contributed by atoms with Crippen molar-refractivity contribution >= 4 is 5.82 Å². The summed E-state index contributed by atoms with van der Waals surface area (Å²) in [7, 11) is 1.64. The van der Waals surface area contributed by atoms with Gasteiger partial charge in [0.2, 0.25) is 5.88 Å². The minimum absolute atomic E-state index is 0.205. The Kier molecular flexibility index (Phi) is 4.62. The van der Waals surface area contributed by atoms with Gasteiger partial charge in [-0.15, -0.1) is 0 Å². The molecule has 1 heterocycles. The minimum Gasteiger partial charge on any atom is -0.497 e. The molecule has 0 fully saturated rings. The van der Waals surface area contributed by atoms with Crippen molar-refractivity contribution in [3.63, 3.8) is 0 Å². The zero-order valence-electron chi connectivity index (χ0n) is 12.9. The Morgan fingerprint density at radius 2 is 1.81 bits per heavy atom. The van der Waals surface area contributed by atoms with Gasteiger partial charge in [-0.2, -0.15) is 4.98 Å². The van der Waals surface area contributed by atoms with Crippen molar-refractivity contribution in [3.05, 3.63) is 41.2 Å². The molecular formula is C16H21N3O2. The molecule has 2 N–H and O–H groups in total. The Bertz CT molecular complexity index is 610. The van der Waals surface area contributed by atoms with Crippen molar-refractivity contribution in [2.45, 2.75) is 33.3 Å². The highest BCUT2D eigenvalue weighted by molar-refractivity contribution is 5.44. The Hall–Kier alpha value is -2.30. The SMILES string of the molecule is COc1ccc(COc2nc(C(C)C)nc(N)c2C)cc1. The molecule has 112 valence electrons. The molecule has 1 aromatic heterocycles. The van der Waals surface area contributed by atoms with Crippen molar-refractivity contribution in [2.75, 3.05) is 12.8 Å². The van der Waals surface area contributed by atoms with Crippen LogP contribution in [0.3, 0.4) is 0 Å². The molecular weight excluding hydrogens is 266 g/mol. The number of hydrogen-bond donors (Lipinski definition) is 1. The van der Waals surface area contributed by atoms with E-state index < -0.39 is 0 Å². The Balaban J connectivity index is 2.15. The topological polar surface area (TPSA) is 70.3 Å². The lowest BCUT2D eigenvalue weighted by Crippen LogP contribution is -2.08. The summed E-state index contributed by atoms with van der Waals surface area (Å²) in [6.45, 7) is 6.34. The van der Waals surface area contributed by atoms with Crippen molar-refractivity contribution < 1.29 is 9.47 Å². The summed E-state index contributed by atoms with van der Waals surface area (Å²) >= 11 is 0. The van der Waals surface area contributed by atoms with E-state index in [1.54, 1.807) is 7.11 Å². The first-order valence-electron chi connectivity index (χ1n) is 6.91. The van der Waals surface area contributed by atoms with Gasteiger partial charge in [-0.05, 0) is 24.6 Å². The second-order valence-electron chi connectivity index (χ2n) is 5.19. The van der Waals surface area contributed by atoms with Crippen LogP contribution in [0.15, 0.2) is 24.3 Å². The molecule has 0 aliphatic carbocycles. The molecule has 0 saturated heterocycles. The quantitative estimate of drug-likeness (QED) is 0.915. The van der Waals surface area contributed by atoms with Crippen LogP contribution in [0.2, 0.25) is 0 Å². The molecule has 2 rings (SSSR count). The largest absolute Gasteiger partial charge is 0.497 e. The first kappa shape index (κ1) is 15.1. The molecule has 0 saturated carbocycles. The summed E-state index contributed by atoms with van der Waals surface area (Å²) < 4.78 is 10.9. The van der Waals surface area contributed by atoms with Crippen molar-refractivity contribution in [1.82, 2.24) is 9.97 Å². The molecule has 0 radical (unpaired) electrons. The maximum absolute atomic E-state index is 5.92. The molecule has 0 aliphatic heterocycles. The first-order chi connectivity index (χ1) is 10.0. The number of nitrogens with two attached hydrogens (primary N) is 1. The van der Waals surface area contributed by atoms with E-state index in [9.17, 15) is 0 Å².